The van der Waals surface area contributed by atoms with Crippen LogP contribution in [0.25, 0.3) is 10.2 Å². The second-order valence-corrected chi connectivity index (χ2v) is 8.83. The number of benzene rings is 1. The monoisotopic (exact) mass is 442 g/mol. The standard InChI is InChI=1S/C22H23FN4O3S/c1-26(19(20(24)29)13-5-4-6-14(23)11-13)17(28)9-10-27-12-25-21-18(22(27)30)15-7-2-3-8-16(15)31-21/h4-6,11-12,19H,2-3,7-10H2,1H3,(H2,24,29). The van der Waals surface area contributed by atoms with Gasteiger partial charge in [-0.3, -0.25) is 19.0 Å². The van der Waals surface area contributed by atoms with E-state index in [1.54, 1.807) is 17.4 Å². The van der Waals surface area contributed by atoms with Crippen LogP contribution in [0.4, 0.5) is 4.39 Å². The minimum Gasteiger partial charge on any atom is -0.368 e. The molecule has 3 aromatic rings. The summed E-state index contributed by atoms with van der Waals surface area (Å²) < 4.78 is 15.0. The molecule has 0 fully saturated rings. The van der Waals surface area contributed by atoms with Gasteiger partial charge in [0.05, 0.1) is 11.7 Å². The van der Waals surface area contributed by atoms with Crippen molar-refractivity contribution >= 4 is 33.4 Å². The van der Waals surface area contributed by atoms with Gasteiger partial charge in [0.1, 0.15) is 16.7 Å². The van der Waals surface area contributed by atoms with Gasteiger partial charge < -0.3 is 10.6 Å². The molecule has 0 aliphatic heterocycles. The highest BCUT2D eigenvalue weighted by atomic mass is 32.1. The van der Waals surface area contributed by atoms with E-state index in [0.717, 1.165) is 36.1 Å². The van der Waals surface area contributed by atoms with Crippen LogP contribution in [0.15, 0.2) is 35.4 Å². The van der Waals surface area contributed by atoms with Crippen molar-refractivity contribution in [3.05, 3.63) is 62.8 Å². The number of likely N-dealkylation sites (N-methyl/N-ethyl adjacent to an activating group) is 1. The third-order valence-electron chi connectivity index (χ3n) is 5.72. The van der Waals surface area contributed by atoms with Crippen LogP contribution in [-0.2, 0) is 29.0 Å². The van der Waals surface area contributed by atoms with Crippen LogP contribution in [0.5, 0.6) is 0 Å². The highest BCUT2D eigenvalue weighted by Crippen LogP contribution is 2.33. The molecule has 31 heavy (non-hydrogen) atoms. The van der Waals surface area contributed by atoms with Gasteiger partial charge in [0.2, 0.25) is 11.8 Å². The minimum atomic E-state index is -1.09. The lowest BCUT2D eigenvalue weighted by molar-refractivity contribution is -0.138. The Kier molecular flexibility index (Phi) is 5.86. The Morgan fingerprint density at radius 3 is 2.84 bits per heavy atom. The summed E-state index contributed by atoms with van der Waals surface area (Å²) in [6.07, 6.45) is 5.50. The highest BCUT2D eigenvalue weighted by molar-refractivity contribution is 7.18. The lowest BCUT2D eigenvalue weighted by atomic mass is 9.97. The van der Waals surface area contributed by atoms with Crippen LogP contribution < -0.4 is 11.3 Å². The first-order valence-electron chi connectivity index (χ1n) is 10.2. The Balaban J connectivity index is 1.54. The number of thiophene rings is 1. The number of nitrogens with two attached hydrogens (primary N) is 1. The molecule has 1 unspecified atom stereocenters. The third-order valence-corrected chi connectivity index (χ3v) is 6.92. The van der Waals surface area contributed by atoms with Crippen molar-refractivity contribution in [1.29, 1.82) is 0 Å². The molecule has 0 spiro atoms. The van der Waals surface area contributed by atoms with Gasteiger partial charge in [-0.15, -0.1) is 11.3 Å². The lowest BCUT2D eigenvalue weighted by Gasteiger charge is -2.26. The number of primary amides is 1. The fraction of sp³-hybridized carbons (Fsp3) is 0.364. The number of hydrogen-bond acceptors (Lipinski definition) is 5. The summed E-state index contributed by atoms with van der Waals surface area (Å²) in [6.45, 7) is 0.129. The molecule has 1 aliphatic carbocycles. The van der Waals surface area contributed by atoms with Crippen molar-refractivity contribution in [3.8, 4) is 0 Å². The summed E-state index contributed by atoms with van der Waals surface area (Å²) in [6, 6.07) is 4.35. The van der Waals surface area contributed by atoms with E-state index in [1.165, 1.54) is 45.9 Å². The van der Waals surface area contributed by atoms with E-state index in [9.17, 15) is 18.8 Å². The average molecular weight is 443 g/mol. The Hall–Kier alpha value is -3.07. The zero-order valence-corrected chi connectivity index (χ0v) is 18.0. The van der Waals surface area contributed by atoms with Gasteiger partial charge in [-0.1, -0.05) is 12.1 Å². The lowest BCUT2D eigenvalue weighted by Crippen LogP contribution is -2.39. The fourth-order valence-corrected chi connectivity index (χ4v) is 5.35. The minimum absolute atomic E-state index is 0.0188. The average Bonchev–Trinajstić information content (AvgIpc) is 3.12. The number of nitrogens with zero attached hydrogens (tertiary/aromatic N) is 3. The van der Waals surface area contributed by atoms with Gasteiger partial charge in [0, 0.05) is 24.9 Å². The Morgan fingerprint density at radius 2 is 2.10 bits per heavy atom. The van der Waals surface area contributed by atoms with Crippen molar-refractivity contribution in [2.45, 2.75) is 44.7 Å². The maximum atomic E-state index is 13.6. The smallest absolute Gasteiger partial charge is 0.262 e. The summed E-state index contributed by atoms with van der Waals surface area (Å²) in [5, 5.41) is 0.665. The molecule has 0 saturated carbocycles. The van der Waals surface area contributed by atoms with Gasteiger partial charge in [-0.25, -0.2) is 9.37 Å². The maximum Gasteiger partial charge on any atom is 0.262 e. The van der Waals surface area contributed by atoms with Crippen LogP contribution in [0.2, 0.25) is 0 Å². The Morgan fingerprint density at radius 1 is 1.32 bits per heavy atom. The molecule has 1 aromatic carbocycles. The van der Waals surface area contributed by atoms with E-state index < -0.39 is 17.8 Å². The number of aromatic nitrogens is 2. The molecule has 162 valence electrons. The number of rotatable bonds is 6. The highest BCUT2D eigenvalue weighted by Gasteiger charge is 2.27. The van der Waals surface area contributed by atoms with Gasteiger partial charge in [0.25, 0.3) is 5.56 Å². The number of carbonyl (C=O) groups is 2. The van der Waals surface area contributed by atoms with Crippen molar-refractivity contribution in [2.75, 3.05) is 7.05 Å². The fourth-order valence-electron chi connectivity index (χ4n) is 4.13. The van der Waals surface area contributed by atoms with Crippen LogP contribution in [-0.4, -0.2) is 33.3 Å². The second-order valence-electron chi connectivity index (χ2n) is 7.75. The Bertz CT molecular complexity index is 1220. The zero-order chi connectivity index (χ0) is 22.1. The molecule has 0 saturated heterocycles. The van der Waals surface area contributed by atoms with Crippen LogP contribution in [0.1, 0.15) is 41.3 Å². The molecule has 7 nitrogen and oxygen atoms in total. The van der Waals surface area contributed by atoms with E-state index in [-0.39, 0.29) is 24.4 Å². The maximum absolute atomic E-state index is 13.6. The molecule has 2 heterocycles. The van der Waals surface area contributed by atoms with Gasteiger partial charge in [0.15, 0.2) is 0 Å². The molecular weight excluding hydrogens is 419 g/mol. The predicted molar refractivity (Wildman–Crippen MR) is 116 cm³/mol. The van der Waals surface area contributed by atoms with Crippen molar-refractivity contribution in [1.82, 2.24) is 14.5 Å². The van der Waals surface area contributed by atoms with Crippen molar-refractivity contribution in [2.24, 2.45) is 5.73 Å². The molecule has 1 atom stereocenters. The first-order chi connectivity index (χ1) is 14.9. The number of aryl methyl sites for hydroxylation is 3. The summed E-state index contributed by atoms with van der Waals surface area (Å²) in [7, 11) is 1.45. The molecule has 1 aliphatic rings. The molecule has 4 rings (SSSR count). The quantitative estimate of drug-likeness (QED) is 0.634. The van der Waals surface area contributed by atoms with Gasteiger partial charge in [-0.2, -0.15) is 0 Å². The van der Waals surface area contributed by atoms with Crippen LogP contribution >= 0.6 is 11.3 Å². The largest absolute Gasteiger partial charge is 0.368 e. The van der Waals surface area contributed by atoms with Gasteiger partial charge >= 0.3 is 0 Å². The molecule has 0 radical (unpaired) electrons. The van der Waals surface area contributed by atoms with Gasteiger partial charge in [-0.05, 0) is 48.9 Å². The zero-order valence-electron chi connectivity index (χ0n) is 17.1. The second kappa shape index (κ2) is 8.58. The third kappa shape index (κ3) is 4.10. The predicted octanol–water partition coefficient (Wildman–Crippen LogP) is 2.55. The number of halogens is 1. The molecule has 2 amide bonds. The Labute approximate surface area is 182 Å². The van der Waals surface area contributed by atoms with E-state index in [4.69, 9.17) is 5.73 Å². The summed E-state index contributed by atoms with van der Waals surface area (Å²) >= 11 is 1.58. The van der Waals surface area contributed by atoms with Crippen molar-refractivity contribution in [3.63, 3.8) is 0 Å². The van der Waals surface area contributed by atoms with E-state index >= 15 is 0 Å². The topological polar surface area (TPSA) is 98.3 Å². The SMILES string of the molecule is CN(C(=O)CCn1cnc2sc3c(c2c1=O)CCCC3)C(C(N)=O)c1cccc(F)c1. The number of amides is 2. The summed E-state index contributed by atoms with van der Waals surface area (Å²) in [5.41, 5.74) is 6.74. The normalized spacial score (nSPS) is 14.3. The first-order valence-corrected chi connectivity index (χ1v) is 11.0. The molecule has 2 aromatic heterocycles. The number of hydrogen-bond donors (Lipinski definition) is 1. The first kappa shape index (κ1) is 21.2. The summed E-state index contributed by atoms with van der Waals surface area (Å²) in [5.74, 6) is -1.66. The number of fused-ring (bicyclic) bond motifs is 3. The molecule has 2 N–H and O–H groups in total. The van der Waals surface area contributed by atoms with E-state index in [0.29, 0.717) is 10.9 Å². The van der Waals surface area contributed by atoms with E-state index in [1.807, 2.05) is 0 Å². The summed E-state index contributed by atoms with van der Waals surface area (Å²) in [4.78, 5) is 45.4. The molecule has 9 heteroatoms. The molecule has 0 bridgehead atoms. The van der Waals surface area contributed by atoms with Crippen molar-refractivity contribution < 1.29 is 14.0 Å². The van der Waals surface area contributed by atoms with Crippen LogP contribution in [0, 0.1) is 5.82 Å². The number of carbonyl (C=O) groups excluding carboxylic acids is 2. The van der Waals surface area contributed by atoms with E-state index in [2.05, 4.69) is 4.98 Å². The molecular formula is C22H23FN4O3S. The van der Waals surface area contributed by atoms with Crippen LogP contribution in [0.3, 0.4) is 0 Å².